The number of alkyl halides is 3. The number of hydrogen-bond acceptors (Lipinski definition) is 6. The first-order chi connectivity index (χ1) is 16.7. The monoisotopic (exact) mass is 491 g/mol. The van der Waals surface area contributed by atoms with Crippen LogP contribution < -0.4 is 10.5 Å². The lowest BCUT2D eigenvalue weighted by atomic mass is 9.92. The molecule has 1 aliphatic carbocycles. The van der Waals surface area contributed by atoms with Gasteiger partial charge in [0.05, 0.1) is 29.6 Å². The molecule has 1 saturated carbocycles. The normalized spacial score (nSPS) is 22.7. The average molecular weight is 492 g/mol. The molecule has 0 bridgehead atoms. The largest absolute Gasteiger partial charge is 0.486 e. The summed E-state index contributed by atoms with van der Waals surface area (Å²) in [5, 5.41) is 9.98. The maximum atomic E-state index is 13.6. The Morgan fingerprint density at radius 3 is 2.46 bits per heavy atom. The molecule has 35 heavy (non-hydrogen) atoms. The second-order valence-electron chi connectivity index (χ2n) is 9.75. The fourth-order valence-corrected chi connectivity index (χ4v) is 5.50. The molecule has 0 amide bonds. The van der Waals surface area contributed by atoms with Crippen molar-refractivity contribution in [1.29, 1.82) is 0 Å². The minimum Gasteiger partial charge on any atom is -0.486 e. The number of anilines is 1. The van der Waals surface area contributed by atoms with E-state index >= 15 is 0 Å². The van der Waals surface area contributed by atoms with E-state index in [1.165, 1.54) is 6.20 Å². The molecule has 0 aromatic carbocycles. The molecular weight excluding hydrogens is 459 g/mol. The van der Waals surface area contributed by atoms with Crippen LogP contribution in [-0.2, 0) is 12.7 Å². The number of fused-ring (bicyclic) bond motifs is 1. The van der Waals surface area contributed by atoms with Crippen molar-refractivity contribution in [2.45, 2.75) is 76.2 Å². The molecule has 3 aromatic rings. The SMILES string of the molecule is CCn1ncc(OC2CCC(n3nc(C4CCN(C)CC4)c4cnc(N)cc43)CC2)c1C(F)(F)F. The zero-order valence-electron chi connectivity index (χ0n) is 20.1. The molecule has 0 radical (unpaired) electrons. The highest BCUT2D eigenvalue weighted by molar-refractivity contribution is 5.83. The maximum Gasteiger partial charge on any atom is 0.436 e. The van der Waals surface area contributed by atoms with Crippen LogP contribution in [-0.4, -0.2) is 55.7 Å². The number of nitrogens with zero attached hydrogens (tertiary/aromatic N) is 6. The van der Waals surface area contributed by atoms with E-state index in [2.05, 4.69) is 26.7 Å². The molecule has 2 aliphatic rings. The molecule has 4 heterocycles. The number of halogens is 3. The van der Waals surface area contributed by atoms with E-state index in [-0.39, 0.29) is 24.4 Å². The van der Waals surface area contributed by atoms with Gasteiger partial charge >= 0.3 is 6.18 Å². The number of nitrogens with two attached hydrogens (primary N) is 1. The highest BCUT2D eigenvalue weighted by atomic mass is 19.4. The van der Waals surface area contributed by atoms with Gasteiger partial charge in [-0.15, -0.1) is 0 Å². The summed E-state index contributed by atoms with van der Waals surface area (Å²) in [6, 6.07) is 2.03. The second kappa shape index (κ2) is 9.33. The zero-order chi connectivity index (χ0) is 24.7. The van der Waals surface area contributed by atoms with E-state index in [0.29, 0.717) is 24.6 Å². The van der Waals surface area contributed by atoms with Crippen LogP contribution in [0.1, 0.15) is 68.8 Å². The molecule has 0 spiro atoms. The van der Waals surface area contributed by atoms with Gasteiger partial charge in [-0.1, -0.05) is 0 Å². The molecule has 0 atom stereocenters. The van der Waals surface area contributed by atoms with E-state index in [1.54, 1.807) is 6.92 Å². The summed E-state index contributed by atoms with van der Waals surface area (Å²) in [6.45, 7) is 3.85. The Kier molecular flexibility index (Phi) is 6.37. The van der Waals surface area contributed by atoms with Crippen LogP contribution in [0.5, 0.6) is 5.75 Å². The molecule has 5 rings (SSSR count). The first kappa shape index (κ1) is 23.9. The summed E-state index contributed by atoms with van der Waals surface area (Å²) in [7, 11) is 2.14. The Labute approximate surface area is 202 Å². The predicted octanol–water partition coefficient (Wildman–Crippen LogP) is 4.62. The van der Waals surface area contributed by atoms with Gasteiger partial charge in [-0.25, -0.2) is 4.98 Å². The quantitative estimate of drug-likeness (QED) is 0.561. The van der Waals surface area contributed by atoms with E-state index in [0.717, 1.165) is 60.1 Å². The molecular formula is C24H32F3N7O. The Morgan fingerprint density at radius 1 is 1.09 bits per heavy atom. The van der Waals surface area contributed by atoms with Crippen LogP contribution in [0.25, 0.3) is 10.9 Å². The van der Waals surface area contributed by atoms with Crippen LogP contribution in [0, 0.1) is 0 Å². The van der Waals surface area contributed by atoms with Crippen molar-refractivity contribution in [3.63, 3.8) is 0 Å². The smallest absolute Gasteiger partial charge is 0.436 e. The van der Waals surface area contributed by atoms with Gasteiger partial charge < -0.3 is 15.4 Å². The molecule has 8 nitrogen and oxygen atoms in total. The minimum atomic E-state index is -4.51. The van der Waals surface area contributed by atoms with Gasteiger partial charge in [0.15, 0.2) is 11.4 Å². The second-order valence-corrected chi connectivity index (χ2v) is 9.75. The zero-order valence-corrected chi connectivity index (χ0v) is 20.1. The third kappa shape index (κ3) is 4.70. The van der Waals surface area contributed by atoms with Crippen molar-refractivity contribution >= 4 is 16.7 Å². The fourth-order valence-electron chi connectivity index (χ4n) is 5.50. The molecule has 0 unspecified atom stereocenters. The first-order valence-corrected chi connectivity index (χ1v) is 12.4. The number of hydrogen-bond donors (Lipinski definition) is 1. The Bertz CT molecular complexity index is 1170. The standard InChI is InChI=1S/C24H32F3N7O/c1-3-33-23(24(25,26)27)20(14-30-33)35-17-6-4-16(5-7-17)34-19-12-21(28)29-13-18(19)22(31-34)15-8-10-32(2)11-9-15/h12-17H,3-11H2,1-2H3,(H2,28,29). The van der Waals surface area contributed by atoms with Gasteiger partial charge in [0, 0.05) is 30.1 Å². The average Bonchev–Trinajstić information content (AvgIpc) is 3.41. The summed E-state index contributed by atoms with van der Waals surface area (Å²) in [5.74, 6) is 0.657. The number of piperidine rings is 1. The van der Waals surface area contributed by atoms with E-state index in [4.69, 9.17) is 15.6 Å². The van der Waals surface area contributed by atoms with Gasteiger partial charge in [0.2, 0.25) is 0 Å². The molecule has 1 aliphatic heterocycles. The molecule has 3 aromatic heterocycles. The molecule has 2 N–H and O–H groups in total. The minimum absolute atomic E-state index is 0.134. The number of rotatable bonds is 5. The topological polar surface area (TPSA) is 87.0 Å². The van der Waals surface area contributed by atoms with E-state index in [9.17, 15) is 13.2 Å². The molecule has 11 heteroatoms. The van der Waals surface area contributed by atoms with Crippen molar-refractivity contribution in [3.8, 4) is 5.75 Å². The predicted molar refractivity (Wildman–Crippen MR) is 126 cm³/mol. The van der Waals surface area contributed by atoms with Gasteiger partial charge in [-0.05, 0) is 65.6 Å². The highest BCUT2D eigenvalue weighted by Gasteiger charge is 2.40. The summed E-state index contributed by atoms with van der Waals surface area (Å²) in [4.78, 5) is 6.66. The van der Waals surface area contributed by atoms with E-state index < -0.39 is 11.9 Å². The first-order valence-electron chi connectivity index (χ1n) is 12.4. The van der Waals surface area contributed by atoms with Crippen molar-refractivity contribution in [3.05, 3.63) is 29.8 Å². The van der Waals surface area contributed by atoms with Gasteiger partial charge in [0.1, 0.15) is 5.82 Å². The van der Waals surface area contributed by atoms with Gasteiger partial charge in [-0.2, -0.15) is 23.4 Å². The Balaban J connectivity index is 1.34. The van der Waals surface area contributed by atoms with E-state index in [1.807, 2.05) is 12.3 Å². The highest BCUT2D eigenvalue weighted by Crippen LogP contribution is 2.40. The van der Waals surface area contributed by atoms with Crippen LogP contribution in [0.2, 0.25) is 0 Å². The molecule has 2 fully saturated rings. The third-order valence-corrected chi connectivity index (χ3v) is 7.40. The maximum absolute atomic E-state index is 13.6. The number of aryl methyl sites for hydroxylation is 1. The third-order valence-electron chi connectivity index (χ3n) is 7.40. The summed E-state index contributed by atoms with van der Waals surface area (Å²) in [6.07, 6.45) is 3.15. The Hall–Kier alpha value is -2.82. The number of ether oxygens (including phenoxy) is 1. The van der Waals surface area contributed by atoms with Crippen LogP contribution in [0.4, 0.5) is 19.0 Å². The number of aromatic nitrogens is 5. The molecule has 1 saturated heterocycles. The van der Waals surface area contributed by atoms with Crippen LogP contribution in [0.15, 0.2) is 18.5 Å². The van der Waals surface area contributed by atoms with Crippen molar-refractivity contribution < 1.29 is 17.9 Å². The Morgan fingerprint density at radius 2 is 1.80 bits per heavy atom. The summed E-state index contributed by atoms with van der Waals surface area (Å²) >= 11 is 0. The van der Waals surface area contributed by atoms with Crippen LogP contribution >= 0.6 is 0 Å². The summed E-state index contributed by atoms with van der Waals surface area (Å²) < 4.78 is 49.5. The van der Waals surface area contributed by atoms with Gasteiger partial charge in [0.25, 0.3) is 0 Å². The summed E-state index contributed by atoms with van der Waals surface area (Å²) in [5.41, 5.74) is 7.28. The molecule has 190 valence electrons. The van der Waals surface area contributed by atoms with Crippen molar-refractivity contribution in [2.24, 2.45) is 0 Å². The number of nitrogen functional groups attached to an aromatic ring is 1. The van der Waals surface area contributed by atoms with Crippen molar-refractivity contribution in [2.75, 3.05) is 25.9 Å². The number of likely N-dealkylation sites (tertiary alicyclic amines) is 1. The lowest BCUT2D eigenvalue weighted by Gasteiger charge is -2.30. The van der Waals surface area contributed by atoms with Crippen LogP contribution in [0.3, 0.4) is 0 Å². The number of pyridine rings is 1. The fraction of sp³-hybridized carbons (Fsp3) is 0.625. The van der Waals surface area contributed by atoms with Gasteiger partial charge in [-0.3, -0.25) is 9.36 Å². The van der Waals surface area contributed by atoms with Crippen molar-refractivity contribution in [1.82, 2.24) is 29.4 Å². The lowest BCUT2D eigenvalue weighted by Crippen LogP contribution is -2.29. The lowest BCUT2D eigenvalue weighted by molar-refractivity contribution is -0.145.